The number of carbonyl (C=O) groups excluding carboxylic acids is 1. The number of hydrogen-bond acceptors (Lipinski definition) is 4. The van der Waals surface area contributed by atoms with E-state index in [-0.39, 0.29) is 24.4 Å². The van der Waals surface area contributed by atoms with Gasteiger partial charge in [0, 0.05) is 12.6 Å². The van der Waals surface area contributed by atoms with Crippen LogP contribution in [0.5, 0.6) is 11.5 Å². The van der Waals surface area contributed by atoms with Gasteiger partial charge in [0.2, 0.25) is 5.91 Å². The minimum Gasteiger partial charge on any atom is -0.497 e. The Hall–Kier alpha value is -1.46. The molecule has 0 radical (unpaired) electrons. The van der Waals surface area contributed by atoms with Crippen LogP contribution in [0.3, 0.4) is 0 Å². The number of ether oxygens (including phenoxy) is 2. The summed E-state index contributed by atoms with van der Waals surface area (Å²) in [4.78, 5) is 11.7. The molecular weight excluding hydrogens is 292 g/mol. The molecule has 0 spiro atoms. The Labute approximate surface area is 131 Å². The second-order valence-corrected chi connectivity index (χ2v) is 4.82. The zero-order valence-electron chi connectivity index (χ0n) is 12.3. The summed E-state index contributed by atoms with van der Waals surface area (Å²) in [6.07, 6.45) is 2.80. The first kappa shape index (κ1) is 17.6. The fourth-order valence-corrected chi connectivity index (χ4v) is 2.20. The lowest BCUT2D eigenvalue weighted by Crippen LogP contribution is -2.40. The molecule has 2 rings (SSSR count). The maximum atomic E-state index is 11.7. The lowest BCUT2D eigenvalue weighted by molar-refractivity contribution is -0.122. The Morgan fingerprint density at radius 3 is 2.95 bits per heavy atom. The van der Waals surface area contributed by atoms with Gasteiger partial charge >= 0.3 is 0 Å². The molecule has 1 heterocycles. The summed E-state index contributed by atoms with van der Waals surface area (Å²) in [6.45, 7) is 2.16. The highest BCUT2D eigenvalue weighted by molar-refractivity contribution is 5.85. The summed E-state index contributed by atoms with van der Waals surface area (Å²) in [6, 6.07) is 7.50. The van der Waals surface area contributed by atoms with E-state index in [1.165, 1.54) is 0 Å². The Kier molecular flexibility index (Phi) is 7.93. The van der Waals surface area contributed by atoms with E-state index in [1.54, 1.807) is 7.11 Å². The van der Waals surface area contributed by atoms with Gasteiger partial charge in [-0.1, -0.05) is 6.07 Å². The summed E-state index contributed by atoms with van der Waals surface area (Å²) < 4.78 is 10.7. The van der Waals surface area contributed by atoms with Gasteiger partial charge in [0.25, 0.3) is 0 Å². The van der Waals surface area contributed by atoms with E-state index in [9.17, 15) is 4.79 Å². The van der Waals surface area contributed by atoms with Crippen LogP contribution < -0.4 is 20.1 Å². The molecule has 6 heteroatoms. The van der Waals surface area contributed by atoms with Gasteiger partial charge in [0.1, 0.15) is 11.5 Å². The SMILES string of the molecule is COc1cccc(OCCCNC(=O)C2CCCN2)c1.Cl. The quantitative estimate of drug-likeness (QED) is 0.753. The summed E-state index contributed by atoms with van der Waals surface area (Å²) in [7, 11) is 1.63. The molecule has 1 aromatic carbocycles. The molecule has 1 fully saturated rings. The maximum Gasteiger partial charge on any atom is 0.237 e. The number of benzene rings is 1. The first-order valence-electron chi connectivity index (χ1n) is 7.07. The van der Waals surface area contributed by atoms with E-state index in [0.717, 1.165) is 37.3 Å². The maximum absolute atomic E-state index is 11.7. The highest BCUT2D eigenvalue weighted by Gasteiger charge is 2.20. The van der Waals surface area contributed by atoms with Crippen molar-refractivity contribution in [3.63, 3.8) is 0 Å². The van der Waals surface area contributed by atoms with E-state index < -0.39 is 0 Å². The van der Waals surface area contributed by atoms with E-state index in [1.807, 2.05) is 24.3 Å². The van der Waals surface area contributed by atoms with E-state index >= 15 is 0 Å². The summed E-state index contributed by atoms with van der Waals surface area (Å²) in [5.74, 6) is 1.67. The second-order valence-electron chi connectivity index (χ2n) is 4.82. The van der Waals surface area contributed by atoms with Crippen LogP contribution in [0.2, 0.25) is 0 Å². The van der Waals surface area contributed by atoms with Crippen LogP contribution in [-0.4, -0.2) is 38.8 Å². The monoisotopic (exact) mass is 314 g/mol. The Morgan fingerprint density at radius 1 is 1.43 bits per heavy atom. The molecule has 1 saturated heterocycles. The lowest BCUT2D eigenvalue weighted by atomic mass is 10.2. The third-order valence-electron chi connectivity index (χ3n) is 3.31. The topological polar surface area (TPSA) is 59.6 Å². The molecule has 0 bridgehead atoms. The molecule has 1 aliphatic heterocycles. The second kappa shape index (κ2) is 9.47. The zero-order chi connectivity index (χ0) is 14.2. The number of rotatable bonds is 7. The van der Waals surface area contributed by atoms with Crippen LogP contribution in [0.15, 0.2) is 24.3 Å². The van der Waals surface area contributed by atoms with Gasteiger partial charge in [-0.15, -0.1) is 12.4 Å². The number of carbonyl (C=O) groups is 1. The summed E-state index contributed by atoms with van der Waals surface area (Å²) in [5, 5.41) is 6.11. The first-order valence-corrected chi connectivity index (χ1v) is 7.07. The van der Waals surface area contributed by atoms with E-state index in [2.05, 4.69) is 10.6 Å². The van der Waals surface area contributed by atoms with Crippen LogP contribution in [0, 0.1) is 0 Å². The van der Waals surface area contributed by atoms with Crippen molar-refractivity contribution in [1.82, 2.24) is 10.6 Å². The predicted molar refractivity (Wildman–Crippen MR) is 84.4 cm³/mol. The van der Waals surface area contributed by atoms with E-state index in [4.69, 9.17) is 9.47 Å². The average molecular weight is 315 g/mol. The van der Waals surface area contributed by atoms with E-state index in [0.29, 0.717) is 13.2 Å². The molecule has 0 aliphatic carbocycles. The van der Waals surface area contributed by atoms with Gasteiger partial charge in [0.05, 0.1) is 19.8 Å². The summed E-state index contributed by atoms with van der Waals surface area (Å²) in [5.41, 5.74) is 0. The number of nitrogens with one attached hydrogen (secondary N) is 2. The van der Waals surface area contributed by atoms with Crippen molar-refractivity contribution in [3.8, 4) is 11.5 Å². The average Bonchev–Trinajstić information content (AvgIpc) is 3.01. The fourth-order valence-electron chi connectivity index (χ4n) is 2.20. The zero-order valence-corrected chi connectivity index (χ0v) is 13.1. The first-order chi connectivity index (χ1) is 9.79. The largest absolute Gasteiger partial charge is 0.497 e. The highest BCUT2D eigenvalue weighted by atomic mass is 35.5. The third kappa shape index (κ3) is 5.81. The van der Waals surface area contributed by atoms with Crippen molar-refractivity contribution in [1.29, 1.82) is 0 Å². The molecule has 1 atom stereocenters. The Morgan fingerprint density at radius 2 is 2.24 bits per heavy atom. The molecule has 1 unspecified atom stereocenters. The standard InChI is InChI=1S/C15H22N2O3.ClH/c1-19-12-5-2-6-13(11-12)20-10-4-9-17-15(18)14-7-3-8-16-14;/h2,5-6,11,14,16H,3-4,7-10H2,1H3,(H,17,18);1H. The van der Waals surface area contributed by atoms with Crippen LogP contribution in [0.1, 0.15) is 19.3 Å². The van der Waals surface area contributed by atoms with Gasteiger partial charge in [0.15, 0.2) is 0 Å². The lowest BCUT2D eigenvalue weighted by Gasteiger charge is -2.11. The van der Waals surface area contributed by atoms with Crippen molar-refractivity contribution in [2.75, 3.05) is 26.8 Å². The smallest absolute Gasteiger partial charge is 0.237 e. The van der Waals surface area contributed by atoms with Crippen LogP contribution in [0.4, 0.5) is 0 Å². The highest BCUT2D eigenvalue weighted by Crippen LogP contribution is 2.18. The van der Waals surface area contributed by atoms with Crippen molar-refractivity contribution >= 4 is 18.3 Å². The van der Waals surface area contributed by atoms with Gasteiger partial charge in [-0.3, -0.25) is 4.79 Å². The number of amides is 1. The molecule has 1 amide bonds. The van der Waals surface area contributed by atoms with Crippen LogP contribution in [0.25, 0.3) is 0 Å². The number of methoxy groups -OCH3 is 1. The molecule has 0 aromatic heterocycles. The predicted octanol–water partition coefficient (Wildman–Crippen LogP) is 1.75. The Balaban J connectivity index is 0.00000220. The third-order valence-corrected chi connectivity index (χ3v) is 3.31. The fraction of sp³-hybridized carbons (Fsp3) is 0.533. The van der Waals surface area contributed by atoms with Crippen LogP contribution >= 0.6 is 12.4 Å². The molecule has 21 heavy (non-hydrogen) atoms. The van der Waals surface area contributed by atoms with Crippen molar-refractivity contribution in [2.45, 2.75) is 25.3 Å². The molecule has 0 saturated carbocycles. The minimum absolute atomic E-state index is 0. The van der Waals surface area contributed by atoms with Crippen molar-refractivity contribution in [2.24, 2.45) is 0 Å². The molecule has 2 N–H and O–H groups in total. The summed E-state index contributed by atoms with van der Waals surface area (Å²) >= 11 is 0. The van der Waals surface area contributed by atoms with Gasteiger partial charge < -0.3 is 20.1 Å². The number of halogens is 1. The van der Waals surface area contributed by atoms with Crippen molar-refractivity contribution in [3.05, 3.63) is 24.3 Å². The Bertz CT molecular complexity index is 437. The van der Waals surface area contributed by atoms with Gasteiger partial charge in [-0.05, 0) is 37.9 Å². The molecule has 1 aromatic rings. The van der Waals surface area contributed by atoms with Crippen molar-refractivity contribution < 1.29 is 14.3 Å². The van der Waals surface area contributed by atoms with Gasteiger partial charge in [-0.25, -0.2) is 0 Å². The number of hydrogen-bond donors (Lipinski definition) is 2. The molecular formula is C15H23ClN2O3. The molecule has 5 nitrogen and oxygen atoms in total. The molecule has 118 valence electrons. The van der Waals surface area contributed by atoms with Crippen LogP contribution in [-0.2, 0) is 4.79 Å². The van der Waals surface area contributed by atoms with Gasteiger partial charge in [-0.2, -0.15) is 0 Å². The minimum atomic E-state index is -0.00528. The normalized spacial score (nSPS) is 16.9. The molecule has 1 aliphatic rings.